The highest BCUT2D eigenvalue weighted by Gasteiger charge is 2.76. The van der Waals surface area contributed by atoms with Gasteiger partial charge in [0, 0.05) is 12.3 Å². The summed E-state index contributed by atoms with van der Waals surface area (Å²) in [6.07, 6.45) is 1.51. The van der Waals surface area contributed by atoms with E-state index in [2.05, 4.69) is 17.6 Å². The molecular weight excluding hydrogens is 462 g/mol. The minimum absolute atomic E-state index is 0.0113. The number of aliphatic hydroxyl groups is 1. The maximum Gasteiger partial charge on any atom is 0.248 e. The van der Waals surface area contributed by atoms with Crippen LogP contribution < -0.4 is 10.6 Å². The quantitative estimate of drug-likeness (QED) is 0.542. The number of rotatable bonds is 7. The van der Waals surface area contributed by atoms with E-state index in [9.17, 15) is 19.5 Å². The van der Waals surface area contributed by atoms with Crippen LogP contribution in [0.4, 0.5) is 5.69 Å². The molecule has 0 aliphatic carbocycles. The number of carbonyl (C=O) groups excluding carboxylic acids is 3. The average molecular weight is 494 g/mol. The Hall–Kier alpha value is -1.77. The SMILES string of the molecule is CC[C@H](C)[C@H](CO)N1C(=O)[C@@H]2[C@@H](C(=O)NC)[C@H]3CC(C)C2(S3)C1C(=O)Nc1ccccc1Cl. The highest BCUT2D eigenvalue weighted by molar-refractivity contribution is 8.02. The standard InChI is InChI=1S/C24H32ClN3O4S/c1-5-12(2)16(11-29)28-20(22(31)27-15-9-7-6-8-14(15)25)24-13(3)10-17(33-24)18(21(30)26-4)19(24)23(28)32/h6-9,12-13,16-20,29H,5,10-11H2,1-4H3,(H,26,30)(H,27,31)/t12-,13?,16-,17+,18-,19-,20?,24?/m0/s1. The Morgan fingerprint density at radius 1 is 1.33 bits per heavy atom. The van der Waals surface area contributed by atoms with Crippen LogP contribution in [0.3, 0.4) is 0 Å². The van der Waals surface area contributed by atoms with Crippen LogP contribution in [0, 0.1) is 23.7 Å². The first kappa shape index (κ1) is 24.4. The zero-order valence-electron chi connectivity index (χ0n) is 19.4. The van der Waals surface area contributed by atoms with E-state index in [1.807, 2.05) is 13.8 Å². The topological polar surface area (TPSA) is 98.7 Å². The van der Waals surface area contributed by atoms with Crippen LogP contribution in [0.1, 0.15) is 33.6 Å². The molecule has 3 N–H and O–H groups in total. The summed E-state index contributed by atoms with van der Waals surface area (Å²) in [6.45, 7) is 5.81. The molecular formula is C24H32ClN3O4S. The molecule has 7 nitrogen and oxygen atoms in total. The molecule has 180 valence electrons. The summed E-state index contributed by atoms with van der Waals surface area (Å²) in [5.74, 6) is -1.72. The number of hydrogen-bond donors (Lipinski definition) is 3. The molecule has 0 radical (unpaired) electrons. The van der Waals surface area contributed by atoms with Gasteiger partial charge in [0.05, 0.1) is 39.9 Å². The largest absolute Gasteiger partial charge is 0.394 e. The summed E-state index contributed by atoms with van der Waals surface area (Å²) in [5.41, 5.74) is 0.480. The Morgan fingerprint density at radius 3 is 2.64 bits per heavy atom. The molecule has 4 rings (SSSR count). The third-order valence-corrected chi connectivity index (χ3v) is 10.4. The second-order valence-electron chi connectivity index (χ2n) is 9.52. The summed E-state index contributed by atoms with van der Waals surface area (Å²) in [5, 5.41) is 16.4. The number of thioether (sulfide) groups is 1. The normalized spacial score (nSPS) is 34.2. The number of benzene rings is 1. The Kier molecular flexibility index (Phi) is 6.73. The molecule has 0 aromatic heterocycles. The molecule has 3 aliphatic heterocycles. The van der Waals surface area contributed by atoms with Crippen molar-refractivity contribution in [2.45, 2.75) is 55.7 Å². The summed E-state index contributed by atoms with van der Waals surface area (Å²) >= 11 is 7.93. The maximum atomic E-state index is 14.0. The van der Waals surface area contributed by atoms with Gasteiger partial charge >= 0.3 is 0 Å². The molecule has 1 spiro atoms. The fourth-order valence-corrected chi connectivity index (χ4v) is 8.75. The van der Waals surface area contributed by atoms with Crippen LogP contribution in [0.2, 0.25) is 5.02 Å². The number of para-hydroxylation sites is 1. The second-order valence-corrected chi connectivity index (χ2v) is 11.5. The van der Waals surface area contributed by atoms with Crippen molar-refractivity contribution < 1.29 is 19.5 Å². The molecule has 3 amide bonds. The summed E-state index contributed by atoms with van der Waals surface area (Å²) < 4.78 is -0.731. The molecule has 3 heterocycles. The van der Waals surface area contributed by atoms with Gasteiger partial charge in [-0.25, -0.2) is 0 Å². The molecule has 9 heteroatoms. The van der Waals surface area contributed by atoms with Gasteiger partial charge in [-0.3, -0.25) is 14.4 Å². The van der Waals surface area contributed by atoms with Gasteiger partial charge < -0.3 is 20.6 Å². The van der Waals surface area contributed by atoms with Crippen molar-refractivity contribution >= 4 is 46.8 Å². The van der Waals surface area contributed by atoms with Gasteiger partial charge in [0.2, 0.25) is 17.7 Å². The molecule has 33 heavy (non-hydrogen) atoms. The van der Waals surface area contributed by atoms with E-state index in [4.69, 9.17) is 11.6 Å². The lowest BCUT2D eigenvalue weighted by Gasteiger charge is -2.41. The monoisotopic (exact) mass is 493 g/mol. The highest BCUT2D eigenvalue weighted by atomic mass is 35.5. The number of aliphatic hydroxyl groups excluding tert-OH is 1. The number of amides is 3. The number of carbonyl (C=O) groups is 3. The summed E-state index contributed by atoms with van der Waals surface area (Å²) in [7, 11) is 1.59. The maximum absolute atomic E-state index is 14.0. The number of likely N-dealkylation sites (tertiary alicyclic amines) is 1. The zero-order valence-corrected chi connectivity index (χ0v) is 20.9. The van der Waals surface area contributed by atoms with E-state index in [0.29, 0.717) is 10.7 Å². The number of nitrogens with zero attached hydrogens (tertiary/aromatic N) is 1. The van der Waals surface area contributed by atoms with Gasteiger partial charge in [-0.05, 0) is 30.4 Å². The third-order valence-electron chi connectivity index (χ3n) is 7.96. The van der Waals surface area contributed by atoms with E-state index < -0.39 is 28.7 Å². The number of nitrogens with one attached hydrogen (secondary N) is 2. The molecule has 8 atom stereocenters. The number of anilines is 1. The molecule has 2 bridgehead atoms. The van der Waals surface area contributed by atoms with E-state index in [1.54, 1.807) is 48.0 Å². The Bertz CT molecular complexity index is 961. The van der Waals surface area contributed by atoms with Gasteiger partial charge in [-0.1, -0.05) is 50.9 Å². The van der Waals surface area contributed by atoms with Gasteiger partial charge in [0.25, 0.3) is 0 Å². The van der Waals surface area contributed by atoms with Crippen LogP contribution in [-0.4, -0.2) is 63.5 Å². The molecule has 3 aliphatic rings. The van der Waals surface area contributed by atoms with Crippen molar-refractivity contribution in [2.75, 3.05) is 19.0 Å². The van der Waals surface area contributed by atoms with Crippen molar-refractivity contribution in [1.29, 1.82) is 0 Å². The van der Waals surface area contributed by atoms with E-state index in [-0.39, 0.29) is 41.4 Å². The third kappa shape index (κ3) is 3.56. The molecule has 0 saturated carbocycles. The fraction of sp³-hybridized carbons (Fsp3) is 0.625. The minimum Gasteiger partial charge on any atom is -0.394 e. The summed E-state index contributed by atoms with van der Waals surface area (Å²) in [6, 6.07) is 5.68. The second kappa shape index (κ2) is 9.12. The first-order valence-corrected chi connectivity index (χ1v) is 12.9. The van der Waals surface area contributed by atoms with Crippen molar-refractivity contribution in [3.8, 4) is 0 Å². The zero-order chi connectivity index (χ0) is 24.1. The Labute approximate surface area is 204 Å². The number of hydrogen-bond acceptors (Lipinski definition) is 5. The van der Waals surface area contributed by atoms with Gasteiger partial charge in [-0.2, -0.15) is 0 Å². The van der Waals surface area contributed by atoms with Crippen molar-refractivity contribution in [3.63, 3.8) is 0 Å². The molecule has 1 aromatic carbocycles. The highest BCUT2D eigenvalue weighted by Crippen LogP contribution is 2.69. The van der Waals surface area contributed by atoms with E-state index in [0.717, 1.165) is 12.8 Å². The predicted octanol–water partition coefficient (Wildman–Crippen LogP) is 2.77. The minimum atomic E-state index is -0.808. The Morgan fingerprint density at radius 2 is 2.03 bits per heavy atom. The first-order chi connectivity index (χ1) is 15.7. The van der Waals surface area contributed by atoms with Gasteiger partial charge in [0.1, 0.15) is 6.04 Å². The van der Waals surface area contributed by atoms with E-state index >= 15 is 0 Å². The molecule has 3 fully saturated rings. The molecule has 1 aromatic rings. The smallest absolute Gasteiger partial charge is 0.248 e. The summed E-state index contributed by atoms with van der Waals surface area (Å²) in [4.78, 5) is 42.4. The molecule has 3 saturated heterocycles. The lowest BCUT2D eigenvalue weighted by molar-refractivity contribution is -0.143. The van der Waals surface area contributed by atoms with E-state index in [1.165, 1.54) is 0 Å². The van der Waals surface area contributed by atoms with Crippen molar-refractivity contribution in [3.05, 3.63) is 29.3 Å². The number of halogens is 1. The van der Waals surface area contributed by atoms with Crippen LogP contribution in [0.15, 0.2) is 24.3 Å². The lowest BCUT2D eigenvalue weighted by atomic mass is 9.66. The molecule has 3 unspecified atom stereocenters. The average Bonchev–Trinajstić information content (AvgIpc) is 3.39. The van der Waals surface area contributed by atoms with Crippen LogP contribution in [0.5, 0.6) is 0 Å². The van der Waals surface area contributed by atoms with Gasteiger partial charge in [0.15, 0.2) is 0 Å². The number of fused-ring (bicyclic) bond motifs is 1. The van der Waals surface area contributed by atoms with Crippen LogP contribution >= 0.6 is 23.4 Å². The fourth-order valence-electron chi connectivity index (χ4n) is 6.16. The lowest BCUT2D eigenvalue weighted by Crippen LogP contribution is -2.58. The van der Waals surface area contributed by atoms with Crippen molar-refractivity contribution in [1.82, 2.24) is 10.2 Å². The first-order valence-electron chi connectivity index (χ1n) is 11.6. The van der Waals surface area contributed by atoms with Gasteiger partial charge in [-0.15, -0.1) is 11.8 Å². The van der Waals surface area contributed by atoms with Crippen LogP contribution in [-0.2, 0) is 14.4 Å². The predicted molar refractivity (Wildman–Crippen MR) is 130 cm³/mol. The van der Waals surface area contributed by atoms with Crippen molar-refractivity contribution in [2.24, 2.45) is 23.7 Å². The Balaban J connectivity index is 1.82. The van der Waals surface area contributed by atoms with Crippen LogP contribution in [0.25, 0.3) is 0 Å².